The van der Waals surface area contributed by atoms with Gasteiger partial charge in [0.25, 0.3) is 5.91 Å². The molecule has 0 saturated carbocycles. The molecule has 0 aliphatic rings. The zero-order chi connectivity index (χ0) is 22.4. The van der Waals surface area contributed by atoms with Crippen LogP contribution in [0.1, 0.15) is 11.1 Å². The van der Waals surface area contributed by atoms with Crippen molar-refractivity contribution in [2.24, 2.45) is 0 Å². The predicted molar refractivity (Wildman–Crippen MR) is 139 cm³/mol. The van der Waals surface area contributed by atoms with Crippen molar-refractivity contribution in [2.75, 3.05) is 5.32 Å². The molecular formula is C23H14BrFI2N2O2. The minimum absolute atomic E-state index is 0.00782. The van der Waals surface area contributed by atoms with Crippen molar-refractivity contribution in [3.8, 4) is 11.8 Å². The number of nitrogens with zero attached hydrogens (tertiary/aromatic N) is 1. The third-order valence-corrected chi connectivity index (χ3v) is 6.17. The highest BCUT2D eigenvalue weighted by molar-refractivity contribution is 14.1. The average molecular weight is 703 g/mol. The van der Waals surface area contributed by atoms with E-state index in [-0.39, 0.29) is 11.4 Å². The summed E-state index contributed by atoms with van der Waals surface area (Å²) in [7, 11) is 0. The lowest BCUT2D eigenvalue weighted by atomic mass is 10.1. The van der Waals surface area contributed by atoms with Gasteiger partial charge in [0.1, 0.15) is 29.8 Å². The molecule has 1 N–H and O–H groups in total. The molecule has 3 aromatic carbocycles. The maximum Gasteiger partial charge on any atom is 0.266 e. The second kappa shape index (κ2) is 11.1. The number of hydrogen-bond acceptors (Lipinski definition) is 3. The van der Waals surface area contributed by atoms with Crippen LogP contribution in [-0.4, -0.2) is 5.91 Å². The summed E-state index contributed by atoms with van der Waals surface area (Å²) in [6, 6.07) is 18.9. The summed E-state index contributed by atoms with van der Waals surface area (Å²) < 4.78 is 21.5. The van der Waals surface area contributed by atoms with Gasteiger partial charge in [0, 0.05) is 10.2 Å². The smallest absolute Gasteiger partial charge is 0.266 e. The number of nitrogens with one attached hydrogen (secondary N) is 1. The first-order valence-electron chi connectivity index (χ1n) is 8.90. The van der Waals surface area contributed by atoms with E-state index in [0.29, 0.717) is 23.6 Å². The summed E-state index contributed by atoms with van der Waals surface area (Å²) in [6.45, 7) is 0.306. The van der Waals surface area contributed by atoms with Gasteiger partial charge in [-0.15, -0.1) is 0 Å². The molecule has 0 unspecified atom stereocenters. The molecule has 3 aromatic rings. The maximum absolute atomic E-state index is 13.1. The molecule has 3 rings (SSSR count). The number of nitriles is 1. The Labute approximate surface area is 214 Å². The summed E-state index contributed by atoms with van der Waals surface area (Å²) in [5.41, 5.74) is 2.15. The van der Waals surface area contributed by atoms with Gasteiger partial charge in [0.2, 0.25) is 0 Å². The molecular weight excluding hydrogens is 689 g/mol. The van der Waals surface area contributed by atoms with Crippen LogP contribution in [0.25, 0.3) is 6.08 Å². The molecule has 31 heavy (non-hydrogen) atoms. The summed E-state index contributed by atoms with van der Waals surface area (Å²) in [4.78, 5) is 12.5. The highest BCUT2D eigenvalue weighted by atomic mass is 127. The van der Waals surface area contributed by atoms with Gasteiger partial charge in [-0.05, 0) is 105 Å². The van der Waals surface area contributed by atoms with Gasteiger partial charge >= 0.3 is 0 Å². The molecule has 156 valence electrons. The molecule has 0 atom stereocenters. The molecule has 0 heterocycles. The lowest BCUT2D eigenvalue weighted by molar-refractivity contribution is -0.112. The summed E-state index contributed by atoms with van der Waals surface area (Å²) in [6.07, 6.45) is 1.54. The lowest BCUT2D eigenvalue weighted by Gasteiger charge is -2.12. The quantitative estimate of drug-likeness (QED) is 0.172. The van der Waals surface area contributed by atoms with Gasteiger partial charge in [-0.25, -0.2) is 4.39 Å². The molecule has 8 heteroatoms. The van der Waals surface area contributed by atoms with Crippen LogP contribution in [0.5, 0.6) is 5.75 Å². The largest absolute Gasteiger partial charge is 0.487 e. The number of ether oxygens (including phenoxy) is 1. The molecule has 4 nitrogen and oxygen atoms in total. The molecule has 0 fully saturated rings. The van der Waals surface area contributed by atoms with Gasteiger partial charge in [-0.3, -0.25) is 4.79 Å². The third kappa shape index (κ3) is 6.75. The zero-order valence-corrected chi connectivity index (χ0v) is 21.7. The van der Waals surface area contributed by atoms with Crippen LogP contribution in [0, 0.1) is 24.3 Å². The number of carbonyl (C=O) groups excluding carboxylic acids is 1. The lowest BCUT2D eigenvalue weighted by Crippen LogP contribution is -2.13. The van der Waals surface area contributed by atoms with Crippen LogP contribution >= 0.6 is 61.1 Å². The van der Waals surface area contributed by atoms with E-state index in [1.807, 2.05) is 24.3 Å². The first kappa shape index (κ1) is 23.7. The topological polar surface area (TPSA) is 62.1 Å². The number of amides is 1. The Hall–Kier alpha value is -1.97. The van der Waals surface area contributed by atoms with Crippen molar-refractivity contribution in [1.82, 2.24) is 0 Å². The highest BCUT2D eigenvalue weighted by Gasteiger charge is 2.13. The highest BCUT2D eigenvalue weighted by Crippen LogP contribution is 2.30. The Bertz CT molecular complexity index is 1170. The van der Waals surface area contributed by atoms with Gasteiger partial charge in [-0.2, -0.15) is 5.26 Å². The molecule has 0 aromatic heterocycles. The van der Waals surface area contributed by atoms with Crippen molar-refractivity contribution in [3.63, 3.8) is 0 Å². The van der Waals surface area contributed by atoms with Gasteiger partial charge < -0.3 is 10.1 Å². The third-order valence-electron chi connectivity index (χ3n) is 4.08. The van der Waals surface area contributed by atoms with Crippen LogP contribution in [0.15, 0.2) is 70.7 Å². The Morgan fingerprint density at radius 1 is 1.13 bits per heavy atom. The van der Waals surface area contributed by atoms with E-state index in [0.717, 1.165) is 17.2 Å². The summed E-state index contributed by atoms with van der Waals surface area (Å²) >= 11 is 7.65. The normalized spacial score (nSPS) is 11.0. The fourth-order valence-corrected chi connectivity index (χ4v) is 5.14. The minimum atomic E-state index is -0.484. The fraction of sp³-hybridized carbons (Fsp3) is 0.0435. The standard InChI is InChI=1S/C23H14BrFI2N2O2/c24-17-2-1-3-19(11-17)29-23(30)16(12-28)8-15-9-20(26)22(21(27)10-15)31-13-14-4-6-18(25)7-5-14/h1-11H,13H2,(H,29,30)/b16-8-. The summed E-state index contributed by atoms with van der Waals surface area (Å²) in [5.74, 6) is -0.0803. The van der Waals surface area contributed by atoms with E-state index in [4.69, 9.17) is 4.74 Å². The average Bonchev–Trinajstić information content (AvgIpc) is 2.72. The molecule has 0 aliphatic carbocycles. The SMILES string of the molecule is N#C/C(=C/c1cc(I)c(OCc2ccc(F)cc2)c(I)c1)C(=O)Nc1cccc(Br)c1. The molecule has 0 aliphatic heterocycles. The Kier molecular flexibility index (Phi) is 8.45. The Morgan fingerprint density at radius 3 is 2.42 bits per heavy atom. The van der Waals surface area contributed by atoms with Crippen molar-refractivity contribution in [2.45, 2.75) is 6.61 Å². The van der Waals surface area contributed by atoms with E-state index < -0.39 is 5.91 Å². The van der Waals surface area contributed by atoms with Crippen LogP contribution < -0.4 is 10.1 Å². The monoisotopic (exact) mass is 702 g/mol. The minimum Gasteiger partial charge on any atom is -0.487 e. The van der Waals surface area contributed by atoms with E-state index in [2.05, 4.69) is 66.4 Å². The van der Waals surface area contributed by atoms with Gasteiger partial charge in [0.15, 0.2) is 0 Å². The van der Waals surface area contributed by atoms with Gasteiger partial charge in [-0.1, -0.05) is 34.1 Å². The fourth-order valence-electron chi connectivity index (χ4n) is 2.62. The van der Waals surface area contributed by atoms with Crippen LogP contribution in [0.3, 0.4) is 0 Å². The van der Waals surface area contributed by atoms with Crippen molar-refractivity contribution >= 4 is 78.8 Å². The van der Waals surface area contributed by atoms with E-state index in [9.17, 15) is 14.4 Å². The van der Waals surface area contributed by atoms with Gasteiger partial charge in [0.05, 0.1) is 7.14 Å². The first-order valence-corrected chi connectivity index (χ1v) is 11.9. The zero-order valence-electron chi connectivity index (χ0n) is 15.8. The number of anilines is 1. The Balaban J connectivity index is 1.76. The molecule has 1 amide bonds. The first-order chi connectivity index (χ1) is 14.9. The Morgan fingerprint density at radius 2 is 1.81 bits per heavy atom. The van der Waals surface area contributed by atoms with E-state index in [1.54, 1.807) is 36.4 Å². The number of halogens is 4. The van der Waals surface area contributed by atoms with E-state index >= 15 is 0 Å². The second-order valence-electron chi connectivity index (χ2n) is 6.36. The molecule has 0 saturated heterocycles. The second-order valence-corrected chi connectivity index (χ2v) is 9.60. The predicted octanol–water partition coefficient (Wildman–Crippen LogP) is 6.92. The molecule has 0 bridgehead atoms. The van der Waals surface area contributed by atoms with E-state index in [1.165, 1.54) is 12.1 Å². The maximum atomic E-state index is 13.1. The number of hydrogen-bond donors (Lipinski definition) is 1. The van der Waals surface area contributed by atoms with Crippen LogP contribution in [0.4, 0.5) is 10.1 Å². The molecule has 0 radical (unpaired) electrons. The summed E-state index contributed by atoms with van der Waals surface area (Å²) in [5, 5.41) is 12.2. The number of rotatable bonds is 6. The number of benzene rings is 3. The van der Waals surface area contributed by atoms with Crippen molar-refractivity contribution < 1.29 is 13.9 Å². The number of carbonyl (C=O) groups is 1. The van der Waals surface area contributed by atoms with Crippen molar-refractivity contribution in [1.29, 1.82) is 5.26 Å². The van der Waals surface area contributed by atoms with Crippen LogP contribution in [-0.2, 0) is 11.4 Å². The van der Waals surface area contributed by atoms with Crippen molar-refractivity contribution in [3.05, 3.63) is 94.8 Å². The molecule has 0 spiro atoms. The van der Waals surface area contributed by atoms with Crippen LogP contribution in [0.2, 0.25) is 0 Å².